The molecule has 0 atom stereocenters. The number of carbonyl (C=O) groups excluding carboxylic acids is 2. The highest BCUT2D eigenvalue weighted by Gasteiger charge is 2.25. The van der Waals surface area contributed by atoms with E-state index in [0.29, 0.717) is 6.54 Å². The fourth-order valence-electron chi connectivity index (χ4n) is 2.97. The molecule has 1 aromatic rings. The van der Waals surface area contributed by atoms with E-state index in [-0.39, 0.29) is 29.9 Å². The Hall–Kier alpha value is -2.04. The van der Waals surface area contributed by atoms with Gasteiger partial charge in [-0.2, -0.15) is 0 Å². The molecular weight excluding hydrogens is 282 g/mol. The summed E-state index contributed by atoms with van der Waals surface area (Å²) in [7, 11) is 0. The third-order valence-corrected chi connectivity index (χ3v) is 4.13. The van der Waals surface area contributed by atoms with Crippen LogP contribution >= 0.6 is 0 Å². The molecule has 22 heavy (non-hydrogen) atoms. The maximum Gasteiger partial charge on any atom is 0.342 e. The first-order valence-corrected chi connectivity index (χ1v) is 7.88. The molecule has 1 fully saturated rings. The molecule has 0 saturated heterocycles. The Balaban J connectivity index is 1.90. The quantitative estimate of drug-likeness (QED) is 0.849. The lowest BCUT2D eigenvalue weighted by Gasteiger charge is -2.33. The van der Waals surface area contributed by atoms with Gasteiger partial charge in [-0.15, -0.1) is 0 Å². The van der Waals surface area contributed by atoms with Crippen LogP contribution in [0.3, 0.4) is 0 Å². The number of rotatable bonds is 5. The first-order valence-electron chi connectivity index (χ1n) is 7.88. The van der Waals surface area contributed by atoms with E-state index in [0.717, 1.165) is 25.7 Å². The van der Waals surface area contributed by atoms with Crippen molar-refractivity contribution in [1.29, 1.82) is 0 Å². The maximum absolute atomic E-state index is 12.3. The molecular formula is C17H23NO4. The minimum Gasteiger partial charge on any atom is -0.507 e. The van der Waals surface area contributed by atoms with Crippen LogP contribution in [0, 0.1) is 0 Å². The predicted molar refractivity (Wildman–Crippen MR) is 82.6 cm³/mol. The van der Waals surface area contributed by atoms with Crippen LogP contribution in [0.15, 0.2) is 24.3 Å². The average molecular weight is 305 g/mol. The summed E-state index contributed by atoms with van der Waals surface area (Å²) in [5.74, 6) is -0.983. The smallest absolute Gasteiger partial charge is 0.342 e. The lowest BCUT2D eigenvalue weighted by atomic mass is 9.94. The SMILES string of the molecule is CCN(C(=O)COC(=O)c1ccccc1O)C1CCCCC1. The van der Waals surface area contributed by atoms with Crippen molar-refractivity contribution < 1.29 is 19.4 Å². The van der Waals surface area contributed by atoms with Gasteiger partial charge in [-0.3, -0.25) is 4.79 Å². The number of likely N-dealkylation sites (N-methyl/N-ethyl adjacent to an activating group) is 1. The van der Waals surface area contributed by atoms with E-state index in [9.17, 15) is 14.7 Å². The molecule has 1 saturated carbocycles. The summed E-state index contributed by atoms with van der Waals surface area (Å²) < 4.78 is 5.05. The number of hydrogen-bond acceptors (Lipinski definition) is 4. The van der Waals surface area contributed by atoms with E-state index in [1.807, 2.05) is 6.92 Å². The zero-order valence-corrected chi connectivity index (χ0v) is 13.0. The average Bonchev–Trinajstić information content (AvgIpc) is 2.55. The minimum absolute atomic E-state index is 0.0796. The first kappa shape index (κ1) is 16.3. The fraction of sp³-hybridized carbons (Fsp3) is 0.529. The van der Waals surface area contributed by atoms with E-state index in [2.05, 4.69) is 0 Å². The molecule has 1 aliphatic carbocycles. The van der Waals surface area contributed by atoms with Gasteiger partial charge in [0.05, 0.1) is 0 Å². The normalized spacial score (nSPS) is 15.3. The van der Waals surface area contributed by atoms with Crippen LogP contribution < -0.4 is 0 Å². The number of esters is 1. The second-order valence-corrected chi connectivity index (χ2v) is 5.56. The summed E-state index contributed by atoms with van der Waals surface area (Å²) in [6.45, 7) is 2.28. The van der Waals surface area contributed by atoms with Crippen molar-refractivity contribution in [1.82, 2.24) is 4.90 Å². The predicted octanol–water partition coefficient (Wildman–Crippen LogP) is 2.73. The minimum atomic E-state index is -0.675. The van der Waals surface area contributed by atoms with Gasteiger partial charge in [0.15, 0.2) is 6.61 Å². The van der Waals surface area contributed by atoms with E-state index < -0.39 is 5.97 Å². The Morgan fingerprint density at radius 1 is 1.23 bits per heavy atom. The Morgan fingerprint density at radius 2 is 1.91 bits per heavy atom. The van der Waals surface area contributed by atoms with Crippen LogP contribution in [-0.2, 0) is 9.53 Å². The van der Waals surface area contributed by atoms with Gasteiger partial charge in [0, 0.05) is 12.6 Å². The summed E-state index contributed by atoms with van der Waals surface area (Å²) >= 11 is 0. The Kier molecular flexibility index (Phi) is 5.81. The highest BCUT2D eigenvalue weighted by Crippen LogP contribution is 2.23. The number of ether oxygens (including phenoxy) is 1. The monoisotopic (exact) mass is 305 g/mol. The van der Waals surface area contributed by atoms with Gasteiger partial charge in [0.1, 0.15) is 11.3 Å². The summed E-state index contributed by atoms with van der Waals surface area (Å²) in [6.07, 6.45) is 5.56. The van der Waals surface area contributed by atoms with Crippen LogP contribution in [0.25, 0.3) is 0 Å². The number of amides is 1. The molecule has 0 radical (unpaired) electrons. The van der Waals surface area contributed by atoms with Gasteiger partial charge in [0.2, 0.25) is 0 Å². The Bertz CT molecular complexity index is 523. The maximum atomic E-state index is 12.3. The number of hydrogen-bond donors (Lipinski definition) is 1. The standard InChI is InChI=1S/C17H23NO4/c1-2-18(13-8-4-3-5-9-13)16(20)12-22-17(21)14-10-6-7-11-15(14)19/h6-7,10-11,13,19H,2-5,8-9,12H2,1H3. The van der Waals surface area contributed by atoms with Crippen molar-refractivity contribution in [2.24, 2.45) is 0 Å². The molecule has 0 unspecified atom stereocenters. The zero-order valence-electron chi connectivity index (χ0n) is 13.0. The molecule has 1 N–H and O–H groups in total. The van der Waals surface area contributed by atoms with Crippen LogP contribution in [0.2, 0.25) is 0 Å². The largest absolute Gasteiger partial charge is 0.507 e. The van der Waals surface area contributed by atoms with E-state index in [1.54, 1.807) is 17.0 Å². The molecule has 5 nitrogen and oxygen atoms in total. The van der Waals surface area contributed by atoms with Crippen LogP contribution in [-0.4, -0.2) is 41.1 Å². The third kappa shape index (κ3) is 4.00. The molecule has 0 aliphatic heterocycles. The molecule has 120 valence electrons. The highest BCUT2D eigenvalue weighted by atomic mass is 16.5. The van der Waals surface area contributed by atoms with Crippen LogP contribution in [0.5, 0.6) is 5.75 Å². The molecule has 0 spiro atoms. The van der Waals surface area contributed by atoms with Crippen molar-refractivity contribution in [2.75, 3.05) is 13.2 Å². The molecule has 2 rings (SSSR count). The lowest BCUT2D eigenvalue weighted by Crippen LogP contribution is -2.43. The van der Waals surface area contributed by atoms with Crippen molar-refractivity contribution in [3.05, 3.63) is 29.8 Å². The molecule has 0 bridgehead atoms. The van der Waals surface area contributed by atoms with Crippen molar-refractivity contribution in [2.45, 2.75) is 45.1 Å². The van der Waals surface area contributed by atoms with Crippen molar-refractivity contribution in [3.63, 3.8) is 0 Å². The summed E-state index contributed by atoms with van der Waals surface area (Å²) in [5, 5.41) is 9.61. The van der Waals surface area contributed by atoms with Crippen molar-refractivity contribution in [3.8, 4) is 5.75 Å². The number of phenolic OH excluding ortho intramolecular Hbond substituents is 1. The highest BCUT2D eigenvalue weighted by molar-refractivity contribution is 5.93. The van der Waals surface area contributed by atoms with Crippen molar-refractivity contribution >= 4 is 11.9 Å². The Morgan fingerprint density at radius 3 is 2.55 bits per heavy atom. The van der Waals surface area contributed by atoms with Gasteiger partial charge in [-0.25, -0.2) is 4.79 Å². The molecule has 0 aromatic heterocycles. The number of aromatic hydroxyl groups is 1. The summed E-state index contributed by atoms with van der Waals surface area (Å²) in [5.41, 5.74) is 0.0796. The number of phenols is 1. The van der Waals surface area contributed by atoms with Crippen LogP contribution in [0.4, 0.5) is 0 Å². The second-order valence-electron chi connectivity index (χ2n) is 5.56. The van der Waals surface area contributed by atoms with Gasteiger partial charge < -0.3 is 14.7 Å². The topological polar surface area (TPSA) is 66.8 Å². The molecule has 1 aromatic carbocycles. The van der Waals surface area contributed by atoms with Gasteiger partial charge in [-0.1, -0.05) is 31.4 Å². The van der Waals surface area contributed by atoms with Gasteiger partial charge in [-0.05, 0) is 31.9 Å². The summed E-state index contributed by atoms with van der Waals surface area (Å²) in [6, 6.07) is 6.41. The van der Waals surface area contributed by atoms with E-state index >= 15 is 0 Å². The van der Waals surface area contributed by atoms with E-state index in [4.69, 9.17) is 4.74 Å². The second kappa shape index (κ2) is 7.82. The Labute approximate surface area is 130 Å². The third-order valence-electron chi connectivity index (χ3n) is 4.13. The first-order chi connectivity index (χ1) is 10.6. The number of para-hydroxylation sites is 1. The summed E-state index contributed by atoms with van der Waals surface area (Å²) in [4.78, 5) is 26.0. The number of carbonyl (C=O) groups is 2. The van der Waals surface area contributed by atoms with Gasteiger partial charge >= 0.3 is 5.97 Å². The lowest BCUT2D eigenvalue weighted by molar-refractivity contribution is -0.137. The van der Waals surface area contributed by atoms with E-state index in [1.165, 1.54) is 18.6 Å². The molecule has 1 aliphatic rings. The van der Waals surface area contributed by atoms with Crippen LogP contribution in [0.1, 0.15) is 49.4 Å². The fourth-order valence-corrected chi connectivity index (χ4v) is 2.97. The molecule has 0 heterocycles. The molecule has 1 amide bonds. The zero-order chi connectivity index (χ0) is 15.9. The van der Waals surface area contributed by atoms with Gasteiger partial charge in [0.25, 0.3) is 5.91 Å². The molecule has 5 heteroatoms. The number of benzene rings is 1. The number of nitrogens with zero attached hydrogens (tertiary/aromatic N) is 1.